The largest absolute Gasteiger partial charge is 0.477 e. The predicted octanol–water partition coefficient (Wildman–Crippen LogP) is 2.47. The number of carboxylic acid groups (broad SMARTS) is 1. The summed E-state index contributed by atoms with van der Waals surface area (Å²) >= 11 is 0. The van der Waals surface area contributed by atoms with Crippen LogP contribution in [0.4, 0.5) is 0 Å². The monoisotopic (exact) mass is 230 g/mol. The van der Waals surface area contributed by atoms with Gasteiger partial charge in [-0.3, -0.25) is 4.40 Å². The standard InChI is InChI=1S/C13H14N2O2/c1-2-8-4-3-7-15-11(13(16)17)10(9-5-6-9)14-12(8)15/h3-4,7,9H,2,5-6H2,1H3,(H,16,17). The maximum Gasteiger partial charge on any atom is 0.354 e. The molecule has 1 saturated carbocycles. The maximum absolute atomic E-state index is 11.4. The molecule has 4 nitrogen and oxygen atoms in total. The highest BCUT2D eigenvalue weighted by molar-refractivity contribution is 5.89. The molecule has 1 aliphatic carbocycles. The quantitative estimate of drug-likeness (QED) is 0.881. The molecule has 0 spiro atoms. The summed E-state index contributed by atoms with van der Waals surface area (Å²) < 4.78 is 1.72. The Labute approximate surface area is 98.9 Å². The van der Waals surface area contributed by atoms with E-state index in [-0.39, 0.29) is 0 Å². The number of aryl methyl sites for hydroxylation is 1. The van der Waals surface area contributed by atoms with Gasteiger partial charge < -0.3 is 5.11 Å². The zero-order valence-electron chi connectivity index (χ0n) is 9.68. The van der Waals surface area contributed by atoms with Gasteiger partial charge in [0.2, 0.25) is 0 Å². The molecule has 0 aromatic carbocycles. The minimum atomic E-state index is -0.882. The maximum atomic E-state index is 11.4. The molecule has 0 bridgehead atoms. The van der Waals surface area contributed by atoms with Crippen LogP contribution in [0.2, 0.25) is 0 Å². The first kappa shape index (κ1) is 10.3. The number of imidazole rings is 1. The van der Waals surface area contributed by atoms with Crippen LogP contribution < -0.4 is 0 Å². The Bertz CT molecular complexity index is 597. The van der Waals surface area contributed by atoms with Crippen LogP contribution in [0.15, 0.2) is 18.3 Å². The Morgan fingerprint density at radius 1 is 1.59 bits per heavy atom. The van der Waals surface area contributed by atoms with E-state index in [0.717, 1.165) is 36.2 Å². The fourth-order valence-corrected chi connectivity index (χ4v) is 2.27. The summed E-state index contributed by atoms with van der Waals surface area (Å²) in [5.74, 6) is -0.529. The van der Waals surface area contributed by atoms with Crippen molar-refractivity contribution in [2.24, 2.45) is 0 Å². The summed E-state index contributed by atoms with van der Waals surface area (Å²) in [4.78, 5) is 15.9. The van der Waals surface area contributed by atoms with Crippen molar-refractivity contribution < 1.29 is 9.90 Å². The molecule has 17 heavy (non-hydrogen) atoms. The molecule has 1 N–H and O–H groups in total. The third kappa shape index (κ3) is 1.52. The van der Waals surface area contributed by atoms with E-state index in [2.05, 4.69) is 11.9 Å². The van der Waals surface area contributed by atoms with Gasteiger partial charge in [-0.25, -0.2) is 9.78 Å². The molecule has 2 heterocycles. The van der Waals surface area contributed by atoms with E-state index in [1.165, 1.54) is 0 Å². The molecular formula is C13H14N2O2. The summed E-state index contributed by atoms with van der Waals surface area (Å²) in [6.45, 7) is 2.06. The number of aromatic carboxylic acids is 1. The van der Waals surface area contributed by atoms with Crippen molar-refractivity contribution in [2.75, 3.05) is 0 Å². The second kappa shape index (κ2) is 3.58. The van der Waals surface area contributed by atoms with Crippen molar-refractivity contribution in [2.45, 2.75) is 32.1 Å². The number of nitrogens with zero attached hydrogens (tertiary/aromatic N) is 2. The second-order valence-corrected chi connectivity index (χ2v) is 4.51. The number of carbonyl (C=O) groups is 1. The molecule has 1 aliphatic rings. The Hall–Kier alpha value is -1.84. The van der Waals surface area contributed by atoms with E-state index in [9.17, 15) is 9.90 Å². The van der Waals surface area contributed by atoms with Gasteiger partial charge >= 0.3 is 5.97 Å². The molecule has 0 saturated heterocycles. The number of hydrogen-bond donors (Lipinski definition) is 1. The van der Waals surface area contributed by atoms with E-state index in [4.69, 9.17) is 0 Å². The lowest BCUT2D eigenvalue weighted by atomic mass is 10.2. The Balaban J connectivity index is 2.33. The molecular weight excluding hydrogens is 216 g/mol. The Morgan fingerprint density at radius 3 is 2.94 bits per heavy atom. The number of hydrogen-bond acceptors (Lipinski definition) is 2. The van der Waals surface area contributed by atoms with Crippen LogP contribution in [-0.2, 0) is 6.42 Å². The highest BCUT2D eigenvalue weighted by atomic mass is 16.4. The van der Waals surface area contributed by atoms with Gasteiger partial charge in [-0.2, -0.15) is 0 Å². The Kier molecular flexibility index (Phi) is 2.18. The van der Waals surface area contributed by atoms with Crippen LogP contribution >= 0.6 is 0 Å². The Morgan fingerprint density at radius 2 is 2.35 bits per heavy atom. The summed E-state index contributed by atoms with van der Waals surface area (Å²) in [6, 6.07) is 3.89. The lowest BCUT2D eigenvalue weighted by molar-refractivity contribution is 0.0688. The van der Waals surface area contributed by atoms with Gasteiger partial charge in [0.1, 0.15) is 5.65 Å². The van der Waals surface area contributed by atoms with Crippen LogP contribution in [0.5, 0.6) is 0 Å². The van der Waals surface area contributed by atoms with Gasteiger partial charge in [0.15, 0.2) is 5.69 Å². The molecule has 0 amide bonds. The average Bonchev–Trinajstić information content (AvgIpc) is 3.08. The fraction of sp³-hybridized carbons (Fsp3) is 0.385. The number of rotatable bonds is 3. The molecule has 2 aromatic heterocycles. The molecule has 4 heteroatoms. The lowest BCUT2D eigenvalue weighted by Gasteiger charge is -2.01. The van der Waals surface area contributed by atoms with Crippen LogP contribution in [0.3, 0.4) is 0 Å². The van der Waals surface area contributed by atoms with Crippen LogP contribution in [0.25, 0.3) is 5.65 Å². The molecule has 88 valence electrons. The van der Waals surface area contributed by atoms with E-state index in [1.807, 2.05) is 12.1 Å². The van der Waals surface area contributed by atoms with Crippen molar-refractivity contribution in [3.8, 4) is 0 Å². The summed E-state index contributed by atoms with van der Waals surface area (Å²) in [5, 5.41) is 9.33. The summed E-state index contributed by atoms with van der Waals surface area (Å²) in [7, 11) is 0. The summed E-state index contributed by atoms with van der Waals surface area (Å²) in [5.41, 5.74) is 3.01. The zero-order valence-corrected chi connectivity index (χ0v) is 9.68. The smallest absolute Gasteiger partial charge is 0.354 e. The molecule has 0 aliphatic heterocycles. The van der Waals surface area contributed by atoms with Crippen LogP contribution in [0.1, 0.15) is 47.4 Å². The normalized spacial score (nSPS) is 15.4. The highest BCUT2D eigenvalue weighted by Gasteiger charge is 2.32. The number of fused-ring (bicyclic) bond motifs is 1. The fourth-order valence-electron chi connectivity index (χ4n) is 2.27. The molecule has 1 fully saturated rings. The SMILES string of the molecule is CCc1cccn2c(C(=O)O)c(C3CC3)nc12. The van der Waals surface area contributed by atoms with Gasteiger partial charge in [-0.15, -0.1) is 0 Å². The molecule has 0 atom stereocenters. The minimum absolute atomic E-state index is 0.345. The van der Waals surface area contributed by atoms with E-state index in [1.54, 1.807) is 10.6 Å². The van der Waals surface area contributed by atoms with Crippen molar-refractivity contribution in [3.63, 3.8) is 0 Å². The van der Waals surface area contributed by atoms with Gasteiger partial charge in [-0.1, -0.05) is 13.0 Å². The summed E-state index contributed by atoms with van der Waals surface area (Å²) in [6.07, 6.45) is 4.78. The number of aromatic nitrogens is 2. The molecule has 3 rings (SSSR count). The van der Waals surface area contributed by atoms with Gasteiger partial charge in [0.25, 0.3) is 0 Å². The van der Waals surface area contributed by atoms with Crippen molar-refractivity contribution in [3.05, 3.63) is 35.3 Å². The van der Waals surface area contributed by atoms with Crippen molar-refractivity contribution in [1.29, 1.82) is 0 Å². The number of pyridine rings is 1. The predicted molar refractivity (Wildman–Crippen MR) is 63.5 cm³/mol. The average molecular weight is 230 g/mol. The third-order valence-corrected chi connectivity index (χ3v) is 3.31. The minimum Gasteiger partial charge on any atom is -0.477 e. The van der Waals surface area contributed by atoms with Crippen molar-refractivity contribution in [1.82, 2.24) is 9.38 Å². The van der Waals surface area contributed by atoms with E-state index in [0.29, 0.717) is 11.6 Å². The van der Waals surface area contributed by atoms with Gasteiger partial charge in [0.05, 0.1) is 5.69 Å². The first-order valence-corrected chi connectivity index (χ1v) is 5.95. The van der Waals surface area contributed by atoms with Gasteiger partial charge in [0, 0.05) is 12.1 Å². The van der Waals surface area contributed by atoms with Crippen LogP contribution in [-0.4, -0.2) is 20.5 Å². The lowest BCUT2D eigenvalue weighted by Crippen LogP contribution is -2.05. The third-order valence-electron chi connectivity index (χ3n) is 3.31. The van der Waals surface area contributed by atoms with E-state index < -0.39 is 5.97 Å². The van der Waals surface area contributed by atoms with Gasteiger partial charge in [-0.05, 0) is 30.9 Å². The zero-order chi connectivity index (χ0) is 12.0. The number of carboxylic acids is 1. The first-order valence-electron chi connectivity index (χ1n) is 5.95. The molecule has 0 radical (unpaired) electrons. The first-order chi connectivity index (χ1) is 8.22. The van der Waals surface area contributed by atoms with E-state index >= 15 is 0 Å². The van der Waals surface area contributed by atoms with Crippen LogP contribution in [0, 0.1) is 0 Å². The van der Waals surface area contributed by atoms with Crippen molar-refractivity contribution >= 4 is 11.6 Å². The highest BCUT2D eigenvalue weighted by Crippen LogP contribution is 2.41. The molecule has 2 aromatic rings. The second-order valence-electron chi connectivity index (χ2n) is 4.51. The molecule has 0 unspecified atom stereocenters. The topological polar surface area (TPSA) is 54.6 Å².